The van der Waals surface area contributed by atoms with Crippen molar-refractivity contribution in [3.05, 3.63) is 16.1 Å². The molecule has 1 aliphatic rings. The third-order valence-electron chi connectivity index (χ3n) is 2.80. The molecule has 2 rings (SSSR count). The van der Waals surface area contributed by atoms with Gasteiger partial charge in [0.1, 0.15) is 6.29 Å². The van der Waals surface area contributed by atoms with Crippen molar-refractivity contribution in [2.24, 2.45) is 5.41 Å². The Balaban J connectivity index is 2.10. The van der Waals surface area contributed by atoms with E-state index in [-0.39, 0.29) is 5.41 Å². The molecule has 82 valence electrons. The lowest BCUT2D eigenvalue weighted by atomic mass is 9.80. The Labute approximate surface area is 93.5 Å². The monoisotopic (exact) mass is 225 g/mol. The molecule has 0 radical (unpaired) electrons. The number of carbonyl (C=O) groups excluding carboxylic acids is 1. The van der Waals surface area contributed by atoms with E-state index in [9.17, 15) is 4.79 Å². The standard InChI is InChI=1S/C11H15NO2S/c1-9-12-10(6-15-9)5-11(7-13)3-2-4-14-8-11/h6-7H,2-5,8H2,1H3. The smallest absolute Gasteiger partial charge is 0.128 e. The van der Waals surface area contributed by atoms with Crippen LogP contribution < -0.4 is 0 Å². The number of aromatic nitrogens is 1. The Morgan fingerprint density at radius 3 is 3.13 bits per heavy atom. The summed E-state index contributed by atoms with van der Waals surface area (Å²) in [5, 5.41) is 3.10. The Bertz CT molecular complexity index is 342. The van der Waals surface area contributed by atoms with Crippen molar-refractivity contribution < 1.29 is 9.53 Å². The van der Waals surface area contributed by atoms with E-state index in [2.05, 4.69) is 4.98 Å². The molecule has 0 amide bonds. The zero-order chi connectivity index (χ0) is 10.7. The van der Waals surface area contributed by atoms with Gasteiger partial charge in [0.2, 0.25) is 0 Å². The first kappa shape index (κ1) is 10.8. The molecule has 15 heavy (non-hydrogen) atoms. The molecule has 0 saturated carbocycles. The summed E-state index contributed by atoms with van der Waals surface area (Å²) in [5.41, 5.74) is 0.703. The van der Waals surface area contributed by atoms with E-state index in [1.807, 2.05) is 12.3 Å². The van der Waals surface area contributed by atoms with Gasteiger partial charge in [-0.05, 0) is 19.8 Å². The minimum atomic E-state index is -0.321. The number of carbonyl (C=O) groups is 1. The van der Waals surface area contributed by atoms with Crippen LogP contribution in [0.1, 0.15) is 23.5 Å². The first-order valence-corrected chi connectivity index (χ1v) is 6.07. The fourth-order valence-electron chi connectivity index (χ4n) is 2.00. The maximum Gasteiger partial charge on any atom is 0.128 e. The topological polar surface area (TPSA) is 39.2 Å². The second kappa shape index (κ2) is 4.41. The molecule has 2 heterocycles. The second-order valence-corrected chi connectivity index (χ2v) is 5.23. The van der Waals surface area contributed by atoms with Gasteiger partial charge in [0.25, 0.3) is 0 Å². The Morgan fingerprint density at radius 1 is 1.73 bits per heavy atom. The van der Waals surface area contributed by atoms with Crippen molar-refractivity contribution in [1.29, 1.82) is 0 Å². The van der Waals surface area contributed by atoms with Crippen molar-refractivity contribution in [2.75, 3.05) is 13.2 Å². The van der Waals surface area contributed by atoms with Crippen LogP contribution in [0, 0.1) is 12.3 Å². The van der Waals surface area contributed by atoms with Crippen LogP contribution >= 0.6 is 11.3 Å². The molecule has 0 aromatic carbocycles. The van der Waals surface area contributed by atoms with Gasteiger partial charge in [-0.15, -0.1) is 11.3 Å². The van der Waals surface area contributed by atoms with E-state index in [0.717, 1.165) is 42.9 Å². The van der Waals surface area contributed by atoms with Crippen LogP contribution in [-0.4, -0.2) is 24.5 Å². The summed E-state index contributed by atoms with van der Waals surface area (Å²) in [6, 6.07) is 0. The SMILES string of the molecule is Cc1nc(CC2(C=O)CCCOC2)cs1. The number of aryl methyl sites for hydroxylation is 1. The predicted molar refractivity (Wildman–Crippen MR) is 59.1 cm³/mol. The number of hydrogen-bond donors (Lipinski definition) is 0. The number of rotatable bonds is 3. The van der Waals surface area contributed by atoms with Gasteiger partial charge in [0.15, 0.2) is 0 Å². The molecular weight excluding hydrogens is 210 g/mol. The maximum atomic E-state index is 11.2. The molecule has 1 unspecified atom stereocenters. The molecule has 1 fully saturated rings. The highest BCUT2D eigenvalue weighted by Gasteiger charge is 2.33. The minimum Gasteiger partial charge on any atom is -0.380 e. The predicted octanol–water partition coefficient (Wildman–Crippen LogP) is 1.99. The number of nitrogens with zero attached hydrogens (tertiary/aromatic N) is 1. The minimum absolute atomic E-state index is 0.321. The molecule has 1 aromatic heterocycles. The molecule has 1 aliphatic heterocycles. The highest BCUT2D eigenvalue weighted by atomic mass is 32.1. The lowest BCUT2D eigenvalue weighted by Gasteiger charge is -2.31. The van der Waals surface area contributed by atoms with Crippen LogP contribution in [0.3, 0.4) is 0 Å². The first-order valence-electron chi connectivity index (χ1n) is 5.19. The van der Waals surface area contributed by atoms with E-state index in [1.54, 1.807) is 11.3 Å². The van der Waals surface area contributed by atoms with Gasteiger partial charge in [-0.3, -0.25) is 0 Å². The molecule has 1 aromatic rings. The van der Waals surface area contributed by atoms with Crippen molar-refractivity contribution in [1.82, 2.24) is 4.98 Å². The first-order chi connectivity index (χ1) is 7.24. The molecule has 1 saturated heterocycles. The van der Waals surface area contributed by atoms with Crippen LogP contribution in [-0.2, 0) is 16.0 Å². The number of hydrogen-bond acceptors (Lipinski definition) is 4. The van der Waals surface area contributed by atoms with E-state index in [0.29, 0.717) is 6.61 Å². The van der Waals surface area contributed by atoms with Crippen LogP contribution in [0.25, 0.3) is 0 Å². The largest absolute Gasteiger partial charge is 0.380 e. The van der Waals surface area contributed by atoms with Crippen LogP contribution in [0.5, 0.6) is 0 Å². The summed E-state index contributed by atoms with van der Waals surface area (Å²) in [6.07, 6.45) is 3.68. The number of aldehydes is 1. The molecule has 0 N–H and O–H groups in total. The third-order valence-corrected chi connectivity index (χ3v) is 3.62. The highest BCUT2D eigenvalue weighted by molar-refractivity contribution is 7.09. The van der Waals surface area contributed by atoms with Crippen LogP contribution in [0.4, 0.5) is 0 Å². The quantitative estimate of drug-likeness (QED) is 0.738. The van der Waals surface area contributed by atoms with Gasteiger partial charge in [-0.25, -0.2) is 4.98 Å². The summed E-state index contributed by atoms with van der Waals surface area (Å²) < 4.78 is 5.40. The molecule has 3 nitrogen and oxygen atoms in total. The molecule has 0 bridgehead atoms. The molecule has 0 spiro atoms. The molecule has 0 aliphatic carbocycles. The van der Waals surface area contributed by atoms with Crippen molar-refractivity contribution in [3.63, 3.8) is 0 Å². The van der Waals surface area contributed by atoms with E-state index in [4.69, 9.17) is 4.74 Å². The van der Waals surface area contributed by atoms with Crippen molar-refractivity contribution >= 4 is 17.6 Å². The maximum absolute atomic E-state index is 11.2. The Hall–Kier alpha value is -0.740. The fourth-order valence-corrected chi connectivity index (χ4v) is 2.61. The Morgan fingerprint density at radius 2 is 2.60 bits per heavy atom. The zero-order valence-electron chi connectivity index (χ0n) is 8.86. The van der Waals surface area contributed by atoms with Crippen LogP contribution in [0.15, 0.2) is 5.38 Å². The van der Waals surface area contributed by atoms with Gasteiger partial charge >= 0.3 is 0 Å². The summed E-state index contributed by atoms with van der Waals surface area (Å²) >= 11 is 1.63. The number of ether oxygens (including phenoxy) is 1. The summed E-state index contributed by atoms with van der Waals surface area (Å²) in [5.74, 6) is 0. The molecular formula is C11H15NO2S. The van der Waals surface area contributed by atoms with Crippen LogP contribution in [0.2, 0.25) is 0 Å². The molecule has 1 atom stereocenters. The lowest BCUT2D eigenvalue weighted by Crippen LogP contribution is -2.35. The average Bonchev–Trinajstić information content (AvgIpc) is 2.65. The fraction of sp³-hybridized carbons (Fsp3) is 0.636. The van der Waals surface area contributed by atoms with Gasteiger partial charge < -0.3 is 9.53 Å². The van der Waals surface area contributed by atoms with Crippen molar-refractivity contribution in [3.8, 4) is 0 Å². The van der Waals surface area contributed by atoms with Gasteiger partial charge in [-0.2, -0.15) is 0 Å². The molecule has 4 heteroatoms. The van der Waals surface area contributed by atoms with Gasteiger partial charge in [0.05, 0.1) is 22.7 Å². The summed E-state index contributed by atoms with van der Waals surface area (Å²) in [6.45, 7) is 3.32. The van der Waals surface area contributed by atoms with Crippen molar-refractivity contribution in [2.45, 2.75) is 26.2 Å². The third kappa shape index (κ3) is 2.44. The zero-order valence-corrected chi connectivity index (χ0v) is 9.68. The normalized spacial score (nSPS) is 26.5. The highest BCUT2D eigenvalue weighted by Crippen LogP contribution is 2.30. The van der Waals surface area contributed by atoms with E-state index in [1.165, 1.54) is 0 Å². The van der Waals surface area contributed by atoms with Gasteiger partial charge in [-0.1, -0.05) is 0 Å². The lowest BCUT2D eigenvalue weighted by molar-refractivity contribution is -0.123. The second-order valence-electron chi connectivity index (χ2n) is 4.17. The van der Waals surface area contributed by atoms with E-state index < -0.39 is 0 Å². The van der Waals surface area contributed by atoms with Gasteiger partial charge in [0, 0.05) is 18.4 Å². The summed E-state index contributed by atoms with van der Waals surface area (Å²) in [7, 11) is 0. The average molecular weight is 225 g/mol. The Kier molecular flexibility index (Phi) is 3.17. The summed E-state index contributed by atoms with van der Waals surface area (Å²) in [4.78, 5) is 15.6. The van der Waals surface area contributed by atoms with E-state index >= 15 is 0 Å². The number of thiazole rings is 1.